The molecule has 0 aliphatic rings. The molecule has 0 radical (unpaired) electrons. The normalized spacial score (nSPS) is 12.4. The summed E-state index contributed by atoms with van der Waals surface area (Å²) in [5.74, 6) is 0. The van der Waals surface area contributed by atoms with Gasteiger partial charge >= 0.3 is 6.18 Å². The topological polar surface area (TPSA) is 21.1 Å². The minimum atomic E-state index is -4.16. The Kier molecular flexibility index (Phi) is 5.45. The predicted molar refractivity (Wildman–Crippen MR) is 63.0 cm³/mol. The van der Waals surface area contributed by atoms with Gasteiger partial charge in [0, 0.05) is 36.7 Å². The minimum Gasteiger partial charge on any atom is -0.290 e. The molecular weight excluding hydrogens is 299 g/mol. The highest BCUT2D eigenvalue weighted by atomic mass is 79.9. The maximum atomic E-state index is 12.3. The van der Waals surface area contributed by atoms with Crippen LogP contribution in [0.3, 0.4) is 0 Å². The van der Waals surface area contributed by atoms with Crippen LogP contribution in [0, 0.1) is 0 Å². The maximum Gasteiger partial charge on any atom is 0.401 e. The smallest absolute Gasteiger partial charge is 0.290 e. The van der Waals surface area contributed by atoms with Crippen molar-refractivity contribution in [3.8, 4) is 0 Å². The Bertz CT molecular complexity index is 338. The predicted octanol–water partition coefficient (Wildman–Crippen LogP) is 2.66. The van der Waals surface area contributed by atoms with Gasteiger partial charge in [-0.25, -0.2) is 0 Å². The third kappa shape index (κ3) is 5.54. The molecule has 0 N–H and O–H groups in total. The van der Waals surface area contributed by atoms with Crippen LogP contribution in [0.1, 0.15) is 12.5 Å². The van der Waals surface area contributed by atoms with E-state index in [1.165, 1.54) is 4.90 Å². The third-order valence-corrected chi connectivity index (χ3v) is 2.58. The van der Waals surface area contributed by atoms with Crippen molar-refractivity contribution in [3.05, 3.63) is 18.0 Å². The number of hydrogen-bond acceptors (Lipinski definition) is 2. The summed E-state index contributed by atoms with van der Waals surface area (Å²) in [6.45, 7) is 2.39. The Morgan fingerprint density at radius 2 is 2.18 bits per heavy atom. The lowest BCUT2D eigenvalue weighted by Crippen LogP contribution is -2.35. The van der Waals surface area contributed by atoms with Crippen LogP contribution in [0.15, 0.2) is 12.4 Å². The Morgan fingerprint density at radius 3 is 2.65 bits per heavy atom. The molecule has 17 heavy (non-hydrogen) atoms. The second-order valence-electron chi connectivity index (χ2n) is 3.72. The molecule has 1 rings (SSSR count). The highest BCUT2D eigenvalue weighted by molar-refractivity contribution is 9.09. The van der Waals surface area contributed by atoms with Crippen molar-refractivity contribution in [2.45, 2.75) is 26.2 Å². The van der Waals surface area contributed by atoms with Crippen LogP contribution in [0.25, 0.3) is 0 Å². The molecule has 0 saturated carbocycles. The van der Waals surface area contributed by atoms with E-state index >= 15 is 0 Å². The summed E-state index contributed by atoms with van der Waals surface area (Å²) in [4.78, 5) is 1.35. The van der Waals surface area contributed by atoms with E-state index in [1.807, 2.05) is 6.92 Å². The van der Waals surface area contributed by atoms with Crippen LogP contribution >= 0.6 is 15.9 Å². The number of nitrogens with zero attached hydrogens (tertiary/aromatic N) is 3. The average molecular weight is 314 g/mol. The standard InChI is InChI=1S/C10H15BrF3N3/c1-2-17-7-9(5-15-17)6-16(4-3-11)8-10(12,13)14/h5,7H,2-4,6,8H2,1H3. The van der Waals surface area contributed by atoms with Gasteiger partial charge in [0.2, 0.25) is 0 Å². The largest absolute Gasteiger partial charge is 0.401 e. The minimum absolute atomic E-state index is 0.269. The van der Waals surface area contributed by atoms with E-state index in [9.17, 15) is 13.2 Å². The van der Waals surface area contributed by atoms with Crippen LogP contribution in [0.4, 0.5) is 13.2 Å². The van der Waals surface area contributed by atoms with Gasteiger partial charge in [-0.05, 0) is 6.92 Å². The van der Waals surface area contributed by atoms with E-state index in [0.717, 1.165) is 12.1 Å². The first-order valence-corrected chi connectivity index (χ1v) is 6.43. The van der Waals surface area contributed by atoms with Gasteiger partial charge in [-0.15, -0.1) is 0 Å². The van der Waals surface area contributed by atoms with E-state index in [1.54, 1.807) is 17.1 Å². The van der Waals surface area contributed by atoms with Gasteiger partial charge in [-0.2, -0.15) is 18.3 Å². The summed E-state index contributed by atoms with van der Waals surface area (Å²) >= 11 is 3.16. The summed E-state index contributed by atoms with van der Waals surface area (Å²) in [5.41, 5.74) is 0.803. The summed E-state index contributed by atoms with van der Waals surface area (Å²) in [7, 11) is 0. The summed E-state index contributed by atoms with van der Waals surface area (Å²) < 4.78 is 38.7. The third-order valence-electron chi connectivity index (χ3n) is 2.22. The second kappa shape index (κ2) is 6.39. The van der Waals surface area contributed by atoms with E-state index in [4.69, 9.17) is 0 Å². The zero-order valence-electron chi connectivity index (χ0n) is 9.54. The zero-order chi connectivity index (χ0) is 12.9. The number of aryl methyl sites for hydroxylation is 1. The number of halogens is 4. The fourth-order valence-corrected chi connectivity index (χ4v) is 2.01. The fraction of sp³-hybridized carbons (Fsp3) is 0.700. The average Bonchev–Trinajstić information content (AvgIpc) is 2.63. The van der Waals surface area contributed by atoms with Crippen molar-refractivity contribution in [3.63, 3.8) is 0 Å². The Hall–Kier alpha value is -0.560. The first-order chi connectivity index (χ1) is 7.94. The van der Waals surface area contributed by atoms with E-state index in [0.29, 0.717) is 11.9 Å². The summed E-state index contributed by atoms with van der Waals surface area (Å²) in [6.07, 6.45) is -0.776. The molecule has 1 aromatic rings. The Labute approximate surface area is 107 Å². The summed E-state index contributed by atoms with van der Waals surface area (Å²) in [6, 6.07) is 0. The molecule has 0 aliphatic heterocycles. The van der Waals surface area contributed by atoms with Crippen molar-refractivity contribution in [2.75, 3.05) is 18.4 Å². The first-order valence-electron chi connectivity index (χ1n) is 5.31. The van der Waals surface area contributed by atoms with Gasteiger partial charge in [0.1, 0.15) is 0 Å². The highest BCUT2D eigenvalue weighted by Crippen LogP contribution is 2.18. The molecule has 0 bridgehead atoms. The highest BCUT2D eigenvalue weighted by Gasteiger charge is 2.30. The van der Waals surface area contributed by atoms with Gasteiger partial charge in [0.05, 0.1) is 12.7 Å². The van der Waals surface area contributed by atoms with E-state index in [-0.39, 0.29) is 6.54 Å². The number of rotatable bonds is 6. The molecule has 0 amide bonds. The van der Waals surface area contributed by atoms with Crippen molar-refractivity contribution in [1.29, 1.82) is 0 Å². The van der Waals surface area contributed by atoms with Crippen LogP contribution in [-0.2, 0) is 13.1 Å². The van der Waals surface area contributed by atoms with E-state index in [2.05, 4.69) is 21.0 Å². The molecule has 0 unspecified atom stereocenters. The lowest BCUT2D eigenvalue weighted by atomic mass is 10.3. The maximum absolute atomic E-state index is 12.3. The van der Waals surface area contributed by atoms with Crippen molar-refractivity contribution >= 4 is 15.9 Å². The van der Waals surface area contributed by atoms with Crippen LogP contribution in [0.5, 0.6) is 0 Å². The molecule has 0 fully saturated rings. The van der Waals surface area contributed by atoms with Gasteiger partial charge in [0.15, 0.2) is 0 Å². The monoisotopic (exact) mass is 313 g/mol. The van der Waals surface area contributed by atoms with E-state index < -0.39 is 12.7 Å². The van der Waals surface area contributed by atoms with Gasteiger partial charge in [0.25, 0.3) is 0 Å². The molecule has 98 valence electrons. The quantitative estimate of drug-likeness (QED) is 0.753. The molecule has 0 spiro atoms. The Morgan fingerprint density at radius 1 is 1.47 bits per heavy atom. The molecule has 0 aromatic carbocycles. The van der Waals surface area contributed by atoms with Crippen LogP contribution in [-0.4, -0.2) is 39.3 Å². The number of alkyl halides is 4. The molecule has 0 aliphatic carbocycles. The molecule has 1 heterocycles. The summed E-state index contributed by atoms with van der Waals surface area (Å²) in [5, 5.41) is 4.56. The van der Waals surface area contributed by atoms with Crippen molar-refractivity contribution in [1.82, 2.24) is 14.7 Å². The number of hydrogen-bond donors (Lipinski definition) is 0. The van der Waals surface area contributed by atoms with Gasteiger partial charge in [-0.3, -0.25) is 9.58 Å². The molecule has 1 aromatic heterocycles. The van der Waals surface area contributed by atoms with Crippen LogP contribution in [0.2, 0.25) is 0 Å². The first kappa shape index (κ1) is 14.5. The molecule has 7 heteroatoms. The lowest BCUT2D eigenvalue weighted by Gasteiger charge is -2.21. The fourth-order valence-electron chi connectivity index (χ4n) is 1.51. The van der Waals surface area contributed by atoms with Crippen LogP contribution < -0.4 is 0 Å². The lowest BCUT2D eigenvalue weighted by molar-refractivity contribution is -0.146. The van der Waals surface area contributed by atoms with Crippen molar-refractivity contribution in [2.24, 2.45) is 0 Å². The Balaban J connectivity index is 2.59. The zero-order valence-corrected chi connectivity index (χ0v) is 11.1. The molecule has 3 nitrogen and oxygen atoms in total. The molecular formula is C10H15BrF3N3. The van der Waals surface area contributed by atoms with Gasteiger partial charge in [-0.1, -0.05) is 15.9 Å². The number of aromatic nitrogens is 2. The SMILES string of the molecule is CCn1cc(CN(CCBr)CC(F)(F)F)cn1. The van der Waals surface area contributed by atoms with Gasteiger partial charge < -0.3 is 0 Å². The molecule has 0 saturated heterocycles. The molecule has 0 atom stereocenters. The second-order valence-corrected chi connectivity index (χ2v) is 4.51. The van der Waals surface area contributed by atoms with Crippen molar-refractivity contribution < 1.29 is 13.2 Å².